The number of benzene rings is 1. The van der Waals surface area contributed by atoms with Gasteiger partial charge in [-0.25, -0.2) is 0 Å². The van der Waals surface area contributed by atoms with E-state index in [4.69, 9.17) is 22.9 Å². The average Bonchev–Trinajstić information content (AvgIpc) is 2.59. The van der Waals surface area contributed by atoms with Crippen LogP contribution >= 0.6 is 0 Å². The molecule has 4 heteroatoms. The van der Waals surface area contributed by atoms with Gasteiger partial charge in [0.15, 0.2) is 0 Å². The standard InChI is InChI=1S/C10H14.2C4H12N2/c1-3-9-7-5-6-8-10(9)4-2;2*5-3-1-2-4-6/h5-8H,3-4H2,1-2H3;2*1-6H2. The van der Waals surface area contributed by atoms with Crippen LogP contribution in [-0.4, -0.2) is 26.2 Å². The molecule has 0 aliphatic carbocycles. The molecule has 1 rings (SSSR count). The van der Waals surface area contributed by atoms with Crippen molar-refractivity contribution < 1.29 is 0 Å². The van der Waals surface area contributed by atoms with Gasteiger partial charge < -0.3 is 22.9 Å². The van der Waals surface area contributed by atoms with Crippen molar-refractivity contribution in [2.75, 3.05) is 26.2 Å². The summed E-state index contributed by atoms with van der Waals surface area (Å²) in [5.41, 5.74) is 23.6. The molecule has 0 heterocycles. The molecule has 8 N–H and O–H groups in total. The van der Waals surface area contributed by atoms with Crippen LogP contribution in [0.3, 0.4) is 0 Å². The van der Waals surface area contributed by atoms with Gasteiger partial charge in [-0.15, -0.1) is 0 Å². The molecule has 0 bridgehead atoms. The number of rotatable bonds is 8. The van der Waals surface area contributed by atoms with Gasteiger partial charge in [-0.3, -0.25) is 0 Å². The number of hydrogen-bond donors (Lipinski definition) is 4. The van der Waals surface area contributed by atoms with E-state index in [0.717, 1.165) is 64.7 Å². The molecule has 1 aromatic carbocycles. The lowest BCUT2D eigenvalue weighted by molar-refractivity contribution is 0.755. The zero-order valence-electron chi connectivity index (χ0n) is 14.7. The predicted octanol–water partition coefficient (Wildman–Crippen LogP) is 2.18. The molecule has 0 radical (unpaired) electrons. The minimum atomic E-state index is 0.775. The topological polar surface area (TPSA) is 104 Å². The fraction of sp³-hybridized carbons (Fsp3) is 0.667. The summed E-state index contributed by atoms with van der Waals surface area (Å²) in [6.45, 7) is 7.51. The lowest BCUT2D eigenvalue weighted by Gasteiger charge is -2.02. The number of unbranched alkanes of at least 4 members (excludes halogenated alkanes) is 2. The Labute approximate surface area is 137 Å². The molecule has 0 saturated heterocycles. The smallest absolute Gasteiger partial charge is 0.00768 e. The highest BCUT2D eigenvalue weighted by molar-refractivity contribution is 5.26. The highest BCUT2D eigenvalue weighted by Gasteiger charge is 1.93. The van der Waals surface area contributed by atoms with Crippen molar-refractivity contribution in [3.63, 3.8) is 0 Å². The van der Waals surface area contributed by atoms with Crippen molar-refractivity contribution in [3.8, 4) is 0 Å². The van der Waals surface area contributed by atoms with E-state index in [1.165, 1.54) is 11.1 Å². The van der Waals surface area contributed by atoms with Crippen molar-refractivity contribution in [2.45, 2.75) is 52.4 Å². The van der Waals surface area contributed by atoms with E-state index in [1.54, 1.807) is 0 Å². The Hall–Kier alpha value is -0.940. The molecule has 0 unspecified atom stereocenters. The lowest BCUT2D eigenvalue weighted by atomic mass is 10.0. The summed E-state index contributed by atoms with van der Waals surface area (Å²) in [6, 6.07) is 8.63. The van der Waals surface area contributed by atoms with Gasteiger partial charge in [-0.2, -0.15) is 0 Å². The quantitative estimate of drug-likeness (QED) is 0.552. The number of nitrogens with two attached hydrogens (primary N) is 4. The maximum atomic E-state index is 5.16. The van der Waals surface area contributed by atoms with Gasteiger partial charge in [0.05, 0.1) is 0 Å². The molecule has 0 amide bonds. The lowest BCUT2D eigenvalue weighted by Crippen LogP contribution is -2.03. The number of hydrogen-bond acceptors (Lipinski definition) is 4. The van der Waals surface area contributed by atoms with Gasteiger partial charge in [0, 0.05) is 0 Å². The summed E-state index contributed by atoms with van der Waals surface area (Å²) in [6.07, 6.45) is 6.58. The molecule has 0 saturated carbocycles. The van der Waals surface area contributed by atoms with Crippen LogP contribution in [-0.2, 0) is 12.8 Å². The Balaban J connectivity index is 0. The van der Waals surface area contributed by atoms with Gasteiger partial charge in [0.2, 0.25) is 0 Å². The van der Waals surface area contributed by atoms with Crippen molar-refractivity contribution in [1.29, 1.82) is 0 Å². The van der Waals surface area contributed by atoms with Crippen LogP contribution in [0, 0.1) is 0 Å². The van der Waals surface area contributed by atoms with E-state index in [-0.39, 0.29) is 0 Å². The van der Waals surface area contributed by atoms with Gasteiger partial charge in [0.25, 0.3) is 0 Å². The molecule has 0 aromatic heterocycles. The minimum absolute atomic E-state index is 0.775. The van der Waals surface area contributed by atoms with Crippen LogP contribution in [0.15, 0.2) is 24.3 Å². The van der Waals surface area contributed by atoms with E-state index < -0.39 is 0 Å². The van der Waals surface area contributed by atoms with Crippen LogP contribution in [0.5, 0.6) is 0 Å². The molecule has 0 atom stereocenters. The summed E-state index contributed by atoms with van der Waals surface area (Å²) in [7, 11) is 0. The zero-order chi connectivity index (χ0) is 17.1. The molecule has 1 aromatic rings. The SMILES string of the molecule is CCc1ccccc1CC.NCCCCN.NCCCCN. The molecule has 4 nitrogen and oxygen atoms in total. The molecular weight excluding hydrogens is 272 g/mol. The zero-order valence-corrected chi connectivity index (χ0v) is 14.7. The van der Waals surface area contributed by atoms with E-state index in [9.17, 15) is 0 Å². The summed E-state index contributed by atoms with van der Waals surface area (Å²) >= 11 is 0. The van der Waals surface area contributed by atoms with Gasteiger partial charge in [0.1, 0.15) is 0 Å². The molecule has 22 heavy (non-hydrogen) atoms. The molecule has 0 fully saturated rings. The molecular formula is C18H38N4. The first-order valence-electron chi connectivity index (χ1n) is 8.58. The molecule has 0 aliphatic heterocycles. The third kappa shape index (κ3) is 15.4. The largest absolute Gasteiger partial charge is 0.330 e. The first kappa shape index (κ1) is 23.3. The highest BCUT2D eigenvalue weighted by Crippen LogP contribution is 2.08. The Kier molecular flexibility index (Phi) is 21.3. The second kappa shape index (κ2) is 20.1. The second-order valence-corrected chi connectivity index (χ2v) is 5.04. The van der Waals surface area contributed by atoms with Crippen LogP contribution in [0.25, 0.3) is 0 Å². The second-order valence-electron chi connectivity index (χ2n) is 5.04. The van der Waals surface area contributed by atoms with Crippen molar-refractivity contribution >= 4 is 0 Å². The van der Waals surface area contributed by atoms with Crippen molar-refractivity contribution in [3.05, 3.63) is 35.4 Å². The van der Waals surface area contributed by atoms with E-state index in [2.05, 4.69) is 38.1 Å². The van der Waals surface area contributed by atoms with E-state index >= 15 is 0 Å². The summed E-state index contributed by atoms with van der Waals surface area (Å²) in [5.74, 6) is 0. The Bertz CT molecular complexity index is 277. The van der Waals surface area contributed by atoms with E-state index in [1.807, 2.05) is 0 Å². The van der Waals surface area contributed by atoms with Crippen LogP contribution in [0.1, 0.15) is 50.7 Å². The highest BCUT2D eigenvalue weighted by atomic mass is 14.5. The number of aryl methyl sites for hydroxylation is 2. The first-order chi connectivity index (χ1) is 10.7. The Morgan fingerprint density at radius 1 is 0.591 bits per heavy atom. The van der Waals surface area contributed by atoms with Crippen LogP contribution < -0.4 is 22.9 Å². The van der Waals surface area contributed by atoms with Gasteiger partial charge >= 0.3 is 0 Å². The average molecular weight is 311 g/mol. The van der Waals surface area contributed by atoms with Crippen molar-refractivity contribution in [2.24, 2.45) is 22.9 Å². The first-order valence-corrected chi connectivity index (χ1v) is 8.58. The minimum Gasteiger partial charge on any atom is -0.330 e. The third-order valence-electron chi connectivity index (χ3n) is 3.20. The van der Waals surface area contributed by atoms with Crippen molar-refractivity contribution in [1.82, 2.24) is 0 Å². The van der Waals surface area contributed by atoms with Gasteiger partial charge in [-0.05, 0) is 75.8 Å². The maximum Gasteiger partial charge on any atom is -0.00768 e. The van der Waals surface area contributed by atoms with E-state index in [0.29, 0.717) is 0 Å². The molecule has 0 aliphatic rings. The maximum absolute atomic E-state index is 5.16. The van der Waals surface area contributed by atoms with Crippen LogP contribution in [0.2, 0.25) is 0 Å². The monoisotopic (exact) mass is 310 g/mol. The normalized spacial score (nSPS) is 9.36. The molecule has 0 spiro atoms. The Morgan fingerprint density at radius 3 is 1.05 bits per heavy atom. The third-order valence-corrected chi connectivity index (χ3v) is 3.20. The molecule has 130 valence electrons. The predicted molar refractivity (Wildman–Crippen MR) is 99.9 cm³/mol. The summed E-state index contributed by atoms with van der Waals surface area (Å²) in [5, 5.41) is 0. The van der Waals surface area contributed by atoms with Crippen LogP contribution in [0.4, 0.5) is 0 Å². The summed E-state index contributed by atoms with van der Waals surface area (Å²) in [4.78, 5) is 0. The Morgan fingerprint density at radius 2 is 0.864 bits per heavy atom. The fourth-order valence-corrected chi connectivity index (χ4v) is 1.82. The fourth-order valence-electron chi connectivity index (χ4n) is 1.82. The summed E-state index contributed by atoms with van der Waals surface area (Å²) < 4.78 is 0. The van der Waals surface area contributed by atoms with Gasteiger partial charge in [-0.1, -0.05) is 38.1 Å².